The highest BCUT2D eigenvalue weighted by Gasteiger charge is 2.23. The van der Waals surface area contributed by atoms with Gasteiger partial charge in [-0.25, -0.2) is 4.98 Å². The Labute approximate surface area is 131 Å². The number of H-pyrrole nitrogens is 1. The first-order valence-corrected chi connectivity index (χ1v) is 8.99. The third-order valence-corrected chi connectivity index (χ3v) is 5.38. The van der Waals surface area contributed by atoms with Crippen LogP contribution in [0.15, 0.2) is 23.4 Å². The van der Waals surface area contributed by atoms with Crippen LogP contribution in [0.2, 0.25) is 0 Å². The molecule has 1 aliphatic carbocycles. The van der Waals surface area contributed by atoms with E-state index in [1.807, 2.05) is 11.8 Å². The van der Waals surface area contributed by atoms with Gasteiger partial charge in [-0.15, -0.1) is 0 Å². The predicted molar refractivity (Wildman–Crippen MR) is 91.0 cm³/mol. The van der Waals surface area contributed by atoms with E-state index >= 15 is 0 Å². The van der Waals surface area contributed by atoms with Crippen molar-refractivity contribution in [1.82, 2.24) is 15.3 Å². The molecule has 1 aliphatic rings. The second kappa shape index (κ2) is 6.84. The van der Waals surface area contributed by atoms with E-state index in [0.717, 1.165) is 22.7 Å². The fraction of sp³-hybridized carbons (Fsp3) is 0.588. The van der Waals surface area contributed by atoms with E-state index in [4.69, 9.17) is 4.98 Å². The van der Waals surface area contributed by atoms with Crippen molar-refractivity contribution >= 4 is 22.8 Å². The van der Waals surface area contributed by atoms with Crippen LogP contribution >= 0.6 is 11.8 Å². The molecule has 2 atom stereocenters. The van der Waals surface area contributed by atoms with Gasteiger partial charge in [-0.3, -0.25) is 0 Å². The summed E-state index contributed by atoms with van der Waals surface area (Å²) in [6.45, 7) is 5.50. The maximum absolute atomic E-state index is 4.72. The number of aryl methyl sites for hydroxylation is 1. The lowest BCUT2D eigenvalue weighted by Gasteiger charge is -2.28. The fourth-order valence-corrected chi connectivity index (χ4v) is 4.35. The topological polar surface area (TPSA) is 40.7 Å². The maximum Gasteiger partial charge on any atom is 0.166 e. The van der Waals surface area contributed by atoms with Gasteiger partial charge in [0.1, 0.15) is 0 Å². The number of benzene rings is 1. The van der Waals surface area contributed by atoms with Crippen molar-refractivity contribution in [3.63, 3.8) is 0 Å². The molecule has 3 nitrogen and oxygen atoms in total. The summed E-state index contributed by atoms with van der Waals surface area (Å²) < 4.78 is 0. The van der Waals surface area contributed by atoms with Crippen LogP contribution in [-0.4, -0.2) is 27.8 Å². The molecule has 0 saturated heterocycles. The minimum Gasteiger partial charge on any atom is -0.333 e. The zero-order valence-electron chi connectivity index (χ0n) is 13.0. The van der Waals surface area contributed by atoms with Crippen LogP contribution in [0.1, 0.15) is 44.6 Å². The van der Waals surface area contributed by atoms with Crippen molar-refractivity contribution in [2.24, 2.45) is 0 Å². The Morgan fingerprint density at radius 2 is 2.29 bits per heavy atom. The molecule has 0 spiro atoms. The molecule has 2 aromatic rings. The number of aromatic amines is 1. The fourth-order valence-electron chi connectivity index (χ4n) is 3.10. The van der Waals surface area contributed by atoms with E-state index in [2.05, 4.69) is 42.3 Å². The van der Waals surface area contributed by atoms with Crippen molar-refractivity contribution in [2.45, 2.75) is 62.4 Å². The average molecular weight is 303 g/mol. The normalized spacial score (nSPS) is 22.8. The third-order valence-electron chi connectivity index (χ3n) is 4.20. The average Bonchev–Trinajstić information content (AvgIpc) is 2.86. The number of hydrogen-bond donors (Lipinski definition) is 2. The van der Waals surface area contributed by atoms with Crippen LogP contribution in [-0.2, 0) is 0 Å². The number of thioether (sulfide) groups is 1. The lowest BCUT2D eigenvalue weighted by atomic mass is 9.95. The maximum atomic E-state index is 4.72. The zero-order chi connectivity index (χ0) is 14.7. The highest BCUT2D eigenvalue weighted by atomic mass is 32.2. The van der Waals surface area contributed by atoms with Gasteiger partial charge < -0.3 is 10.3 Å². The SMILES string of the molecule is CCCNC1CCCC(Sc2nc3ccc(C)cc3[nH]2)C1. The van der Waals surface area contributed by atoms with E-state index in [0.29, 0.717) is 11.3 Å². The second-order valence-corrected chi connectivity index (χ2v) is 7.41. The highest BCUT2D eigenvalue weighted by Crippen LogP contribution is 2.33. The summed E-state index contributed by atoms with van der Waals surface area (Å²) >= 11 is 1.93. The number of nitrogens with zero attached hydrogens (tertiary/aromatic N) is 1. The van der Waals surface area contributed by atoms with Crippen molar-refractivity contribution in [2.75, 3.05) is 6.54 Å². The van der Waals surface area contributed by atoms with E-state index < -0.39 is 0 Å². The van der Waals surface area contributed by atoms with Gasteiger partial charge in [-0.2, -0.15) is 0 Å². The lowest BCUT2D eigenvalue weighted by molar-refractivity contribution is 0.381. The van der Waals surface area contributed by atoms with E-state index in [1.165, 1.54) is 37.7 Å². The predicted octanol–water partition coefficient (Wildman–Crippen LogP) is 4.27. The van der Waals surface area contributed by atoms with Crippen LogP contribution in [0.4, 0.5) is 0 Å². The van der Waals surface area contributed by atoms with Gasteiger partial charge >= 0.3 is 0 Å². The highest BCUT2D eigenvalue weighted by molar-refractivity contribution is 7.99. The molecule has 1 fully saturated rings. The number of hydrogen-bond acceptors (Lipinski definition) is 3. The van der Waals surface area contributed by atoms with Crippen LogP contribution < -0.4 is 5.32 Å². The molecule has 1 heterocycles. The van der Waals surface area contributed by atoms with Crippen LogP contribution in [0.25, 0.3) is 11.0 Å². The van der Waals surface area contributed by atoms with Crippen molar-refractivity contribution < 1.29 is 0 Å². The van der Waals surface area contributed by atoms with Crippen molar-refractivity contribution in [3.8, 4) is 0 Å². The molecule has 1 aromatic heterocycles. The number of fused-ring (bicyclic) bond motifs is 1. The Balaban J connectivity index is 1.64. The van der Waals surface area contributed by atoms with Crippen molar-refractivity contribution in [1.29, 1.82) is 0 Å². The molecule has 0 amide bonds. The quantitative estimate of drug-likeness (QED) is 0.866. The van der Waals surface area contributed by atoms with Gasteiger partial charge in [-0.1, -0.05) is 31.2 Å². The molecule has 21 heavy (non-hydrogen) atoms. The summed E-state index contributed by atoms with van der Waals surface area (Å²) in [6, 6.07) is 7.11. The summed E-state index contributed by atoms with van der Waals surface area (Å²) in [5, 5.41) is 5.45. The Kier molecular flexibility index (Phi) is 4.86. The van der Waals surface area contributed by atoms with E-state index in [1.54, 1.807) is 0 Å². The summed E-state index contributed by atoms with van der Waals surface area (Å²) in [5.41, 5.74) is 3.53. The van der Waals surface area contributed by atoms with E-state index in [-0.39, 0.29) is 0 Å². The standard InChI is InChI=1S/C17H25N3S/c1-3-9-18-13-5-4-6-14(11-13)21-17-19-15-8-7-12(2)10-16(15)20-17/h7-8,10,13-14,18H,3-6,9,11H2,1-2H3,(H,19,20). The summed E-state index contributed by atoms with van der Waals surface area (Å²) in [6.07, 6.45) is 6.46. The number of imidazole rings is 1. The van der Waals surface area contributed by atoms with Gasteiger partial charge in [0.05, 0.1) is 11.0 Å². The summed E-state index contributed by atoms with van der Waals surface area (Å²) in [4.78, 5) is 8.20. The van der Waals surface area contributed by atoms with Gasteiger partial charge in [-0.05, 0) is 56.8 Å². The lowest BCUT2D eigenvalue weighted by Crippen LogP contribution is -2.35. The van der Waals surface area contributed by atoms with Crippen LogP contribution in [0.5, 0.6) is 0 Å². The summed E-state index contributed by atoms with van der Waals surface area (Å²) in [5.74, 6) is 0. The number of nitrogens with one attached hydrogen (secondary N) is 2. The number of aromatic nitrogens is 2. The second-order valence-electron chi connectivity index (χ2n) is 6.12. The first-order chi connectivity index (χ1) is 10.2. The molecule has 3 rings (SSSR count). The first-order valence-electron chi connectivity index (χ1n) is 8.11. The molecule has 0 aliphatic heterocycles. The smallest absolute Gasteiger partial charge is 0.166 e. The zero-order valence-corrected chi connectivity index (χ0v) is 13.8. The third kappa shape index (κ3) is 3.80. The summed E-state index contributed by atoms with van der Waals surface area (Å²) in [7, 11) is 0. The minimum absolute atomic E-state index is 0.690. The molecule has 2 unspecified atom stereocenters. The van der Waals surface area contributed by atoms with E-state index in [9.17, 15) is 0 Å². The first kappa shape index (κ1) is 14.9. The molecule has 0 radical (unpaired) electrons. The van der Waals surface area contributed by atoms with Crippen molar-refractivity contribution in [3.05, 3.63) is 23.8 Å². The largest absolute Gasteiger partial charge is 0.333 e. The van der Waals surface area contributed by atoms with Gasteiger partial charge in [0.15, 0.2) is 5.16 Å². The molecule has 1 aromatic carbocycles. The molecular formula is C17H25N3S. The monoisotopic (exact) mass is 303 g/mol. The molecule has 0 bridgehead atoms. The molecular weight excluding hydrogens is 278 g/mol. The Bertz CT molecular complexity index is 593. The van der Waals surface area contributed by atoms with Crippen LogP contribution in [0, 0.1) is 6.92 Å². The minimum atomic E-state index is 0.690. The van der Waals surface area contributed by atoms with Gasteiger partial charge in [0.2, 0.25) is 0 Å². The molecule has 114 valence electrons. The molecule has 1 saturated carbocycles. The van der Waals surface area contributed by atoms with Gasteiger partial charge in [0, 0.05) is 11.3 Å². The Morgan fingerprint density at radius 1 is 1.38 bits per heavy atom. The van der Waals surface area contributed by atoms with Gasteiger partial charge in [0.25, 0.3) is 0 Å². The molecule has 4 heteroatoms. The van der Waals surface area contributed by atoms with Crippen LogP contribution in [0.3, 0.4) is 0 Å². The number of rotatable bonds is 5. The Morgan fingerprint density at radius 3 is 3.14 bits per heavy atom. The molecule has 2 N–H and O–H groups in total. The Hall–Kier alpha value is -1.00.